The van der Waals surface area contributed by atoms with E-state index in [9.17, 15) is 17.2 Å². The number of hydrogen-bond acceptors (Lipinski definition) is 5. The van der Waals surface area contributed by atoms with Crippen LogP contribution in [0.3, 0.4) is 0 Å². The van der Waals surface area contributed by atoms with Crippen molar-refractivity contribution in [3.63, 3.8) is 0 Å². The Morgan fingerprint density at radius 3 is 2.53 bits per heavy atom. The van der Waals surface area contributed by atoms with Crippen LogP contribution >= 0.6 is 0 Å². The Morgan fingerprint density at radius 2 is 1.87 bits per heavy atom. The third kappa shape index (κ3) is 4.96. The van der Waals surface area contributed by atoms with E-state index in [0.29, 0.717) is 34.6 Å². The molecule has 6 nitrogen and oxygen atoms in total. The van der Waals surface area contributed by atoms with Gasteiger partial charge >= 0.3 is 0 Å². The van der Waals surface area contributed by atoms with Gasteiger partial charge in [0, 0.05) is 23.4 Å². The first kappa shape index (κ1) is 21.3. The third-order valence-electron chi connectivity index (χ3n) is 4.16. The lowest BCUT2D eigenvalue weighted by atomic mass is 10.0. The van der Waals surface area contributed by atoms with Gasteiger partial charge in [0.15, 0.2) is 0 Å². The van der Waals surface area contributed by atoms with Crippen LogP contribution in [-0.2, 0) is 16.4 Å². The van der Waals surface area contributed by atoms with Gasteiger partial charge in [-0.15, -0.1) is 0 Å². The molecule has 30 heavy (non-hydrogen) atoms. The molecule has 0 aliphatic rings. The van der Waals surface area contributed by atoms with Gasteiger partial charge in [-0.1, -0.05) is 18.8 Å². The zero-order valence-corrected chi connectivity index (χ0v) is 17.3. The number of aromatic nitrogens is 3. The maximum Gasteiger partial charge on any atom is 0.229 e. The highest BCUT2D eigenvalue weighted by molar-refractivity contribution is 7.92. The van der Waals surface area contributed by atoms with Crippen molar-refractivity contribution >= 4 is 15.7 Å². The Kier molecular flexibility index (Phi) is 6.08. The Bertz CT molecular complexity index is 1280. The maximum atomic E-state index is 14.3. The summed E-state index contributed by atoms with van der Waals surface area (Å²) < 4.78 is 53.1. The molecule has 0 radical (unpaired) electrons. The third-order valence-corrected chi connectivity index (χ3v) is 4.75. The fourth-order valence-corrected chi connectivity index (χ4v) is 3.35. The topological polar surface area (TPSA) is 84.8 Å². The molecule has 1 aromatic carbocycles. The van der Waals surface area contributed by atoms with Crippen molar-refractivity contribution in [1.29, 1.82) is 0 Å². The van der Waals surface area contributed by atoms with Crippen LogP contribution in [0.2, 0.25) is 0 Å². The number of hydrogen-bond donors (Lipinski definition) is 1. The largest absolute Gasteiger partial charge is 0.282 e. The molecule has 0 unspecified atom stereocenters. The lowest BCUT2D eigenvalue weighted by molar-refractivity contribution is 0.585. The van der Waals surface area contributed by atoms with E-state index in [4.69, 9.17) is 0 Å². The number of rotatable bonds is 4. The second-order valence-electron chi connectivity index (χ2n) is 6.50. The van der Waals surface area contributed by atoms with Gasteiger partial charge in [0.25, 0.3) is 0 Å². The van der Waals surface area contributed by atoms with E-state index in [1.807, 2.05) is 6.92 Å². The van der Waals surface area contributed by atoms with Gasteiger partial charge in [-0.25, -0.2) is 27.2 Å². The van der Waals surface area contributed by atoms with Gasteiger partial charge in [-0.05, 0) is 31.5 Å². The van der Waals surface area contributed by atoms with Crippen LogP contribution in [0.5, 0.6) is 0 Å². The fraction of sp³-hybridized carbons (Fsp3) is 0.190. The van der Waals surface area contributed by atoms with E-state index >= 15 is 0 Å². The second-order valence-corrected chi connectivity index (χ2v) is 8.25. The van der Waals surface area contributed by atoms with Gasteiger partial charge in [-0.3, -0.25) is 9.71 Å². The molecule has 0 spiro atoms. The number of benzene rings is 1. The molecule has 0 atom stereocenters. The number of halogens is 2. The summed E-state index contributed by atoms with van der Waals surface area (Å²) in [6.07, 6.45) is 4.38. The van der Waals surface area contributed by atoms with Gasteiger partial charge < -0.3 is 0 Å². The molecule has 0 fully saturated rings. The molecule has 154 valence electrons. The molecule has 0 aliphatic heterocycles. The summed E-state index contributed by atoms with van der Waals surface area (Å²) in [6, 6.07) is 4.80. The molecule has 2 aromatic heterocycles. The summed E-state index contributed by atoms with van der Waals surface area (Å²) in [5, 5.41) is 0. The van der Waals surface area contributed by atoms with E-state index in [2.05, 4.69) is 31.5 Å². The van der Waals surface area contributed by atoms with E-state index < -0.39 is 21.7 Å². The molecule has 9 heteroatoms. The van der Waals surface area contributed by atoms with E-state index in [0.717, 1.165) is 18.4 Å². The predicted octanol–water partition coefficient (Wildman–Crippen LogP) is 3.46. The van der Waals surface area contributed by atoms with Crippen molar-refractivity contribution < 1.29 is 17.2 Å². The van der Waals surface area contributed by atoms with Gasteiger partial charge in [-0.2, -0.15) is 0 Å². The summed E-state index contributed by atoms with van der Waals surface area (Å²) in [4.78, 5) is 12.5. The van der Waals surface area contributed by atoms with Crippen molar-refractivity contribution in [3.8, 4) is 23.1 Å². The quantitative estimate of drug-likeness (QED) is 0.644. The van der Waals surface area contributed by atoms with Crippen LogP contribution in [0.4, 0.5) is 14.5 Å². The van der Waals surface area contributed by atoms with E-state index in [1.165, 1.54) is 18.6 Å². The Morgan fingerprint density at radius 1 is 1.10 bits per heavy atom. The molecular weight excluding hydrogens is 410 g/mol. The number of pyridine rings is 1. The highest BCUT2D eigenvalue weighted by Gasteiger charge is 2.15. The van der Waals surface area contributed by atoms with Gasteiger partial charge in [0.2, 0.25) is 10.0 Å². The number of sulfonamides is 1. The normalized spacial score (nSPS) is 11.0. The van der Waals surface area contributed by atoms with Crippen LogP contribution in [0.15, 0.2) is 36.8 Å². The molecule has 0 amide bonds. The van der Waals surface area contributed by atoms with Crippen molar-refractivity contribution in [1.82, 2.24) is 15.0 Å². The molecule has 0 bridgehead atoms. The van der Waals surface area contributed by atoms with E-state index in [-0.39, 0.29) is 11.3 Å². The first-order chi connectivity index (χ1) is 14.2. The minimum atomic E-state index is -3.48. The average molecular weight is 428 g/mol. The molecular formula is C21H18F2N4O2S. The Hall–Kier alpha value is -3.38. The SMILES string of the molecule is CCc1ncnc(-c2ccc(F)cc2F)c1C#Cc1cnc(C)c(NS(C)(=O)=O)c1. The van der Waals surface area contributed by atoms with Crippen LogP contribution in [0, 0.1) is 30.4 Å². The molecule has 0 saturated carbocycles. The molecule has 3 aromatic rings. The Balaban J connectivity index is 2.11. The molecule has 1 N–H and O–H groups in total. The van der Waals surface area contributed by atoms with Crippen molar-refractivity contribution in [2.24, 2.45) is 0 Å². The highest BCUT2D eigenvalue weighted by Crippen LogP contribution is 2.26. The molecule has 0 saturated heterocycles. The van der Waals surface area contributed by atoms with Crippen LogP contribution in [0.25, 0.3) is 11.3 Å². The van der Waals surface area contributed by atoms with Gasteiger partial charge in [0.1, 0.15) is 18.0 Å². The number of nitrogens with one attached hydrogen (secondary N) is 1. The van der Waals surface area contributed by atoms with Gasteiger partial charge in [0.05, 0.1) is 34.6 Å². The standard InChI is InChI=1S/C21H18F2N4O2S/c1-4-19-17(21(26-12-25-19)16-8-6-15(22)10-18(16)23)7-5-14-9-20(13(2)24-11-14)27-30(3,28)29/h6,8-12,27H,4H2,1-3H3. The fourth-order valence-electron chi connectivity index (χ4n) is 2.75. The zero-order valence-electron chi connectivity index (χ0n) is 16.5. The minimum absolute atomic E-state index is 0.110. The molecule has 3 rings (SSSR count). The van der Waals surface area contributed by atoms with Crippen LogP contribution in [0.1, 0.15) is 29.4 Å². The smallest absolute Gasteiger partial charge is 0.229 e. The lowest BCUT2D eigenvalue weighted by Gasteiger charge is -2.09. The minimum Gasteiger partial charge on any atom is -0.282 e. The summed E-state index contributed by atoms with van der Waals surface area (Å²) >= 11 is 0. The predicted molar refractivity (Wildman–Crippen MR) is 110 cm³/mol. The first-order valence-corrected chi connectivity index (χ1v) is 10.8. The lowest BCUT2D eigenvalue weighted by Crippen LogP contribution is -2.11. The molecule has 2 heterocycles. The molecule has 0 aliphatic carbocycles. The first-order valence-electron chi connectivity index (χ1n) is 8.93. The van der Waals surface area contributed by atoms with Crippen molar-refractivity contribution in [3.05, 3.63) is 70.9 Å². The van der Waals surface area contributed by atoms with Crippen molar-refractivity contribution in [2.75, 3.05) is 11.0 Å². The second kappa shape index (κ2) is 8.55. The Labute approximate surface area is 173 Å². The number of nitrogens with zero attached hydrogens (tertiary/aromatic N) is 3. The van der Waals surface area contributed by atoms with Crippen LogP contribution < -0.4 is 4.72 Å². The zero-order chi connectivity index (χ0) is 21.9. The summed E-state index contributed by atoms with van der Waals surface area (Å²) in [5.41, 5.74) is 2.63. The van der Waals surface area contributed by atoms with Crippen molar-refractivity contribution in [2.45, 2.75) is 20.3 Å². The van der Waals surface area contributed by atoms with E-state index in [1.54, 1.807) is 13.0 Å². The average Bonchev–Trinajstić information content (AvgIpc) is 2.67. The van der Waals surface area contributed by atoms with Crippen LogP contribution in [-0.4, -0.2) is 29.6 Å². The summed E-state index contributed by atoms with van der Waals surface area (Å²) in [5.74, 6) is 4.41. The monoisotopic (exact) mass is 428 g/mol. The number of anilines is 1. The summed E-state index contributed by atoms with van der Waals surface area (Å²) in [6.45, 7) is 3.54. The summed E-state index contributed by atoms with van der Waals surface area (Å²) in [7, 11) is -3.48. The maximum absolute atomic E-state index is 14.3. The number of aryl methyl sites for hydroxylation is 2. The highest BCUT2D eigenvalue weighted by atomic mass is 32.2.